The minimum Gasteiger partial charge on any atom is -0.396 e. The Morgan fingerprint density at radius 1 is 0.857 bits per heavy atom. The van der Waals surface area contributed by atoms with Crippen molar-refractivity contribution in [3.63, 3.8) is 0 Å². The Morgan fingerprint density at radius 3 is 1.86 bits per heavy atom. The van der Waals surface area contributed by atoms with Crippen molar-refractivity contribution in [2.45, 2.75) is 70.8 Å². The third-order valence-electron chi connectivity index (χ3n) is 3.12. The summed E-state index contributed by atoms with van der Waals surface area (Å²) in [6.45, 7) is 4.42. The lowest BCUT2D eigenvalue weighted by Gasteiger charge is -2.24. The first-order valence-electron chi connectivity index (χ1n) is 6.01. The van der Waals surface area contributed by atoms with Gasteiger partial charge in [0, 0.05) is 6.61 Å². The molecule has 0 heterocycles. The highest BCUT2D eigenvalue weighted by atomic mass is 16.3. The van der Waals surface area contributed by atoms with Crippen LogP contribution in [0.15, 0.2) is 0 Å². The van der Waals surface area contributed by atoms with Gasteiger partial charge >= 0.3 is 0 Å². The first kappa shape index (κ1) is 13.9. The topological polar surface area (TPSA) is 40.5 Å². The van der Waals surface area contributed by atoms with E-state index in [-0.39, 0.29) is 0 Å². The third-order valence-corrected chi connectivity index (χ3v) is 3.12. The second kappa shape index (κ2) is 8.25. The average molecular weight is 202 g/mol. The zero-order chi connectivity index (χ0) is 10.9. The summed E-state index contributed by atoms with van der Waals surface area (Å²) < 4.78 is 0. The molecule has 0 atom stereocenters. The van der Waals surface area contributed by atoms with Gasteiger partial charge < -0.3 is 10.2 Å². The van der Waals surface area contributed by atoms with Gasteiger partial charge in [-0.2, -0.15) is 0 Å². The Bertz CT molecular complexity index is 119. The number of aliphatic hydroxyl groups excluding tert-OH is 1. The smallest absolute Gasteiger partial charge is 0.0642 e. The molecule has 0 aliphatic rings. The number of rotatable bonds is 9. The predicted octanol–water partition coefficient (Wildman–Crippen LogP) is 2.87. The van der Waals surface area contributed by atoms with Gasteiger partial charge in [0.05, 0.1) is 5.60 Å². The quantitative estimate of drug-likeness (QED) is 0.564. The third kappa shape index (κ3) is 6.39. The van der Waals surface area contributed by atoms with Crippen molar-refractivity contribution in [3.05, 3.63) is 0 Å². The Balaban J connectivity index is 3.34. The molecular weight excluding hydrogens is 176 g/mol. The van der Waals surface area contributed by atoms with E-state index in [2.05, 4.69) is 13.8 Å². The van der Waals surface area contributed by atoms with Crippen molar-refractivity contribution < 1.29 is 10.2 Å². The molecular formula is C12H26O2. The van der Waals surface area contributed by atoms with Crippen LogP contribution in [0.3, 0.4) is 0 Å². The molecule has 0 amide bonds. The highest BCUT2D eigenvalue weighted by Crippen LogP contribution is 2.22. The van der Waals surface area contributed by atoms with E-state index in [0.29, 0.717) is 6.61 Å². The van der Waals surface area contributed by atoms with Gasteiger partial charge in [0.2, 0.25) is 0 Å². The van der Waals surface area contributed by atoms with Crippen molar-refractivity contribution >= 4 is 0 Å². The molecule has 0 aromatic rings. The van der Waals surface area contributed by atoms with Crippen LogP contribution in [0.1, 0.15) is 65.2 Å². The fourth-order valence-corrected chi connectivity index (χ4v) is 1.70. The Morgan fingerprint density at radius 2 is 1.36 bits per heavy atom. The molecule has 0 spiro atoms. The fraction of sp³-hybridized carbons (Fsp3) is 1.00. The maximum Gasteiger partial charge on any atom is 0.0642 e. The summed E-state index contributed by atoms with van der Waals surface area (Å²) in [7, 11) is 0. The summed E-state index contributed by atoms with van der Waals surface area (Å²) >= 11 is 0. The molecule has 0 aromatic carbocycles. The monoisotopic (exact) mass is 202 g/mol. The zero-order valence-electron chi connectivity index (χ0n) is 9.76. The first-order valence-corrected chi connectivity index (χ1v) is 6.01. The van der Waals surface area contributed by atoms with Gasteiger partial charge in [-0.15, -0.1) is 0 Å². The van der Waals surface area contributed by atoms with E-state index in [1.54, 1.807) is 0 Å². The normalized spacial score (nSPS) is 12.0. The van der Waals surface area contributed by atoms with E-state index < -0.39 is 5.60 Å². The van der Waals surface area contributed by atoms with E-state index >= 15 is 0 Å². The zero-order valence-corrected chi connectivity index (χ0v) is 9.76. The van der Waals surface area contributed by atoms with Gasteiger partial charge in [0.1, 0.15) is 0 Å². The minimum atomic E-state index is -0.420. The average Bonchev–Trinajstić information content (AvgIpc) is 2.23. The van der Waals surface area contributed by atoms with Crippen LogP contribution in [0.25, 0.3) is 0 Å². The van der Waals surface area contributed by atoms with Crippen LogP contribution in [-0.2, 0) is 0 Å². The predicted molar refractivity (Wildman–Crippen MR) is 60.3 cm³/mol. The second-order valence-corrected chi connectivity index (χ2v) is 4.17. The Kier molecular flexibility index (Phi) is 8.20. The van der Waals surface area contributed by atoms with E-state index in [1.165, 1.54) is 12.8 Å². The van der Waals surface area contributed by atoms with Crippen LogP contribution < -0.4 is 0 Å². The van der Waals surface area contributed by atoms with Crippen molar-refractivity contribution in [2.75, 3.05) is 6.61 Å². The molecule has 0 radical (unpaired) electrons. The van der Waals surface area contributed by atoms with Crippen LogP contribution in [0.5, 0.6) is 0 Å². The van der Waals surface area contributed by atoms with Crippen LogP contribution >= 0.6 is 0 Å². The lowest BCUT2D eigenvalue weighted by Crippen LogP contribution is -2.26. The van der Waals surface area contributed by atoms with Gasteiger partial charge in [-0.05, 0) is 25.7 Å². The van der Waals surface area contributed by atoms with Gasteiger partial charge in [0.25, 0.3) is 0 Å². The van der Waals surface area contributed by atoms with Crippen LogP contribution in [0.2, 0.25) is 0 Å². The second-order valence-electron chi connectivity index (χ2n) is 4.17. The number of hydrogen-bond acceptors (Lipinski definition) is 2. The molecule has 0 bridgehead atoms. The highest BCUT2D eigenvalue weighted by Gasteiger charge is 2.20. The summed E-state index contributed by atoms with van der Waals surface area (Å²) in [6, 6.07) is 0. The largest absolute Gasteiger partial charge is 0.396 e. The first-order chi connectivity index (χ1) is 6.68. The molecule has 0 fully saturated rings. The molecule has 0 aliphatic carbocycles. The Labute approximate surface area is 88.3 Å². The van der Waals surface area contributed by atoms with Gasteiger partial charge in [-0.3, -0.25) is 0 Å². The Hall–Kier alpha value is -0.0800. The van der Waals surface area contributed by atoms with Gasteiger partial charge in [-0.25, -0.2) is 0 Å². The molecule has 14 heavy (non-hydrogen) atoms. The van der Waals surface area contributed by atoms with Gasteiger partial charge in [-0.1, -0.05) is 39.5 Å². The molecule has 0 rings (SSSR count). The van der Waals surface area contributed by atoms with Crippen LogP contribution in [0, 0.1) is 0 Å². The maximum absolute atomic E-state index is 9.99. The molecule has 2 nitrogen and oxygen atoms in total. The molecule has 0 saturated heterocycles. The summed E-state index contributed by atoms with van der Waals surface area (Å²) in [5.74, 6) is 0. The molecule has 0 saturated carbocycles. The van der Waals surface area contributed by atoms with E-state index in [4.69, 9.17) is 5.11 Å². The summed E-state index contributed by atoms with van der Waals surface area (Å²) in [6.07, 6.45) is 8.17. The number of unbranched alkanes of at least 4 members (excludes halogenated alkanes) is 4. The summed E-state index contributed by atoms with van der Waals surface area (Å²) in [4.78, 5) is 0. The van der Waals surface area contributed by atoms with Crippen LogP contribution in [0.4, 0.5) is 0 Å². The van der Waals surface area contributed by atoms with Crippen molar-refractivity contribution in [1.29, 1.82) is 0 Å². The van der Waals surface area contributed by atoms with E-state index in [0.717, 1.165) is 38.5 Å². The highest BCUT2D eigenvalue weighted by molar-refractivity contribution is 4.74. The molecule has 0 aromatic heterocycles. The van der Waals surface area contributed by atoms with Crippen molar-refractivity contribution in [2.24, 2.45) is 0 Å². The lowest BCUT2D eigenvalue weighted by atomic mass is 9.90. The fourth-order valence-electron chi connectivity index (χ4n) is 1.70. The molecule has 2 heteroatoms. The molecule has 0 aliphatic heterocycles. The maximum atomic E-state index is 9.99. The van der Waals surface area contributed by atoms with Gasteiger partial charge in [0.15, 0.2) is 0 Å². The molecule has 86 valence electrons. The summed E-state index contributed by atoms with van der Waals surface area (Å²) in [5.41, 5.74) is -0.420. The number of aliphatic hydroxyl groups is 2. The molecule has 2 N–H and O–H groups in total. The molecule has 0 unspecified atom stereocenters. The standard InChI is InChI=1S/C12H26O2/c1-3-12(14,4-2)10-8-6-5-7-9-11-13/h13-14H,3-11H2,1-2H3. The SMILES string of the molecule is CCC(O)(CC)CCCCCCCO. The summed E-state index contributed by atoms with van der Waals surface area (Å²) in [5, 5.41) is 18.6. The van der Waals surface area contributed by atoms with E-state index in [9.17, 15) is 5.11 Å². The lowest BCUT2D eigenvalue weighted by molar-refractivity contribution is 0.0211. The van der Waals surface area contributed by atoms with Crippen LogP contribution in [-0.4, -0.2) is 22.4 Å². The van der Waals surface area contributed by atoms with Crippen molar-refractivity contribution in [1.82, 2.24) is 0 Å². The van der Waals surface area contributed by atoms with Crippen molar-refractivity contribution in [3.8, 4) is 0 Å². The minimum absolute atomic E-state index is 0.313. The van der Waals surface area contributed by atoms with E-state index in [1.807, 2.05) is 0 Å². The number of hydrogen-bond donors (Lipinski definition) is 2.